The van der Waals surface area contributed by atoms with E-state index in [2.05, 4.69) is 40.1 Å². The Morgan fingerprint density at radius 1 is 1.47 bits per heavy atom. The Kier molecular flexibility index (Phi) is 6.72. The van der Waals surface area contributed by atoms with E-state index in [0.717, 1.165) is 6.42 Å². The van der Waals surface area contributed by atoms with Gasteiger partial charge in [-0.15, -0.1) is 0 Å². The Labute approximate surface area is 120 Å². The van der Waals surface area contributed by atoms with Crippen molar-refractivity contribution in [2.75, 3.05) is 25.1 Å². The van der Waals surface area contributed by atoms with E-state index in [4.69, 9.17) is 4.74 Å². The van der Waals surface area contributed by atoms with Crippen molar-refractivity contribution in [3.8, 4) is 0 Å². The summed E-state index contributed by atoms with van der Waals surface area (Å²) in [5, 5.41) is 13.9. The van der Waals surface area contributed by atoms with Gasteiger partial charge in [-0.25, -0.2) is 0 Å². The van der Waals surface area contributed by atoms with Crippen LogP contribution in [0, 0.1) is 16.0 Å². The van der Waals surface area contributed by atoms with E-state index in [0.29, 0.717) is 35.8 Å². The molecule has 6 nitrogen and oxygen atoms in total. The summed E-state index contributed by atoms with van der Waals surface area (Å²) in [4.78, 5) is 14.2. The highest BCUT2D eigenvalue weighted by atomic mass is 79.9. The Bertz CT molecular complexity index is 427. The monoisotopic (exact) mass is 331 g/mol. The van der Waals surface area contributed by atoms with Gasteiger partial charge in [0.1, 0.15) is 11.9 Å². The molecule has 0 radical (unpaired) electrons. The minimum absolute atomic E-state index is 0.0449. The molecule has 0 saturated heterocycles. The number of ether oxygens (including phenoxy) is 1. The molecule has 0 aliphatic carbocycles. The van der Waals surface area contributed by atoms with E-state index in [-0.39, 0.29) is 5.69 Å². The van der Waals surface area contributed by atoms with Crippen molar-refractivity contribution in [2.24, 2.45) is 5.92 Å². The number of hydrogen-bond donors (Lipinski definition) is 1. The molecule has 0 unspecified atom stereocenters. The predicted molar refractivity (Wildman–Crippen MR) is 77.4 cm³/mol. The largest absolute Gasteiger partial charge is 0.380 e. The lowest BCUT2D eigenvalue weighted by Crippen LogP contribution is -2.12. The van der Waals surface area contributed by atoms with Gasteiger partial charge in [0.25, 0.3) is 0 Å². The molecule has 1 aromatic heterocycles. The van der Waals surface area contributed by atoms with Crippen LogP contribution in [-0.2, 0) is 4.74 Å². The van der Waals surface area contributed by atoms with Crippen molar-refractivity contribution in [1.82, 2.24) is 4.98 Å². The molecule has 0 fully saturated rings. The molecule has 0 saturated carbocycles. The molecule has 19 heavy (non-hydrogen) atoms. The second-order valence-electron chi connectivity index (χ2n) is 4.49. The minimum Gasteiger partial charge on any atom is -0.380 e. The van der Waals surface area contributed by atoms with Gasteiger partial charge in [-0.05, 0) is 28.3 Å². The molecule has 0 amide bonds. The summed E-state index contributed by atoms with van der Waals surface area (Å²) in [6, 6.07) is 0. The number of nitro groups is 1. The summed E-state index contributed by atoms with van der Waals surface area (Å²) in [6.45, 7) is 6.01. The van der Waals surface area contributed by atoms with Gasteiger partial charge in [0.15, 0.2) is 0 Å². The highest BCUT2D eigenvalue weighted by Gasteiger charge is 2.16. The maximum atomic E-state index is 10.9. The molecular formula is C12H18BrN3O3. The molecule has 0 aromatic carbocycles. The van der Waals surface area contributed by atoms with Crippen molar-refractivity contribution in [3.63, 3.8) is 0 Å². The third-order valence-electron chi connectivity index (χ3n) is 2.46. The Balaban J connectivity index is 2.43. The number of aromatic nitrogens is 1. The first-order valence-corrected chi connectivity index (χ1v) is 6.91. The van der Waals surface area contributed by atoms with Gasteiger partial charge < -0.3 is 10.1 Å². The molecular weight excluding hydrogens is 314 g/mol. The van der Waals surface area contributed by atoms with E-state index in [1.807, 2.05) is 0 Å². The predicted octanol–water partition coefficient (Wildman–Crippen LogP) is 3.23. The Hall–Kier alpha value is -1.21. The number of anilines is 1. The summed E-state index contributed by atoms with van der Waals surface area (Å²) in [6.07, 6.45) is 3.76. The number of hydrogen-bond acceptors (Lipinski definition) is 5. The first kappa shape index (κ1) is 15.8. The minimum atomic E-state index is -0.459. The zero-order chi connectivity index (χ0) is 14.3. The molecule has 1 rings (SSSR count). The second-order valence-corrected chi connectivity index (χ2v) is 5.35. The van der Waals surface area contributed by atoms with Crippen LogP contribution in [0.4, 0.5) is 11.4 Å². The molecule has 1 N–H and O–H groups in total. The van der Waals surface area contributed by atoms with E-state index < -0.39 is 4.92 Å². The third kappa shape index (κ3) is 5.52. The van der Waals surface area contributed by atoms with Gasteiger partial charge in [-0.2, -0.15) is 0 Å². The fraction of sp³-hybridized carbons (Fsp3) is 0.583. The molecule has 1 aromatic rings. The van der Waals surface area contributed by atoms with Crippen molar-refractivity contribution in [2.45, 2.75) is 20.3 Å². The summed E-state index contributed by atoms with van der Waals surface area (Å²) in [5.74, 6) is 0.614. The number of halogens is 1. The quantitative estimate of drug-likeness (QED) is 0.449. The van der Waals surface area contributed by atoms with E-state index in [9.17, 15) is 10.1 Å². The fourth-order valence-corrected chi connectivity index (χ4v) is 1.87. The Morgan fingerprint density at radius 3 is 2.84 bits per heavy atom. The van der Waals surface area contributed by atoms with Gasteiger partial charge in [0.05, 0.1) is 16.0 Å². The van der Waals surface area contributed by atoms with Crippen molar-refractivity contribution < 1.29 is 9.66 Å². The van der Waals surface area contributed by atoms with Gasteiger partial charge in [0.2, 0.25) is 0 Å². The maximum absolute atomic E-state index is 10.9. The lowest BCUT2D eigenvalue weighted by molar-refractivity contribution is -0.384. The lowest BCUT2D eigenvalue weighted by atomic mass is 10.1. The average Bonchev–Trinajstić information content (AvgIpc) is 2.34. The smallest absolute Gasteiger partial charge is 0.311 e. The van der Waals surface area contributed by atoms with E-state index >= 15 is 0 Å². The van der Waals surface area contributed by atoms with Crippen LogP contribution in [0.2, 0.25) is 0 Å². The fourth-order valence-electron chi connectivity index (χ4n) is 1.41. The maximum Gasteiger partial charge on any atom is 0.311 e. The van der Waals surface area contributed by atoms with Crippen LogP contribution in [-0.4, -0.2) is 29.7 Å². The van der Waals surface area contributed by atoms with Gasteiger partial charge >= 0.3 is 5.69 Å². The van der Waals surface area contributed by atoms with Crippen LogP contribution < -0.4 is 5.32 Å². The number of pyridine rings is 1. The van der Waals surface area contributed by atoms with Crippen molar-refractivity contribution in [1.29, 1.82) is 0 Å². The molecule has 7 heteroatoms. The van der Waals surface area contributed by atoms with Crippen LogP contribution in [0.1, 0.15) is 20.3 Å². The number of rotatable bonds is 8. The summed E-state index contributed by atoms with van der Waals surface area (Å²) in [7, 11) is 0. The van der Waals surface area contributed by atoms with Crippen LogP contribution in [0.5, 0.6) is 0 Å². The molecule has 106 valence electrons. The van der Waals surface area contributed by atoms with E-state index in [1.165, 1.54) is 12.4 Å². The molecule has 0 aliphatic heterocycles. The van der Waals surface area contributed by atoms with Crippen LogP contribution in [0.15, 0.2) is 16.9 Å². The molecule has 0 atom stereocenters. The molecule has 0 spiro atoms. The van der Waals surface area contributed by atoms with Crippen LogP contribution >= 0.6 is 15.9 Å². The molecule has 0 aliphatic rings. The summed E-state index contributed by atoms with van der Waals surface area (Å²) < 4.78 is 6.02. The van der Waals surface area contributed by atoms with Crippen molar-refractivity contribution in [3.05, 3.63) is 27.0 Å². The first-order valence-electron chi connectivity index (χ1n) is 6.12. The summed E-state index contributed by atoms with van der Waals surface area (Å²) in [5.41, 5.74) is 0.393. The number of nitrogens with one attached hydrogen (secondary N) is 1. The SMILES string of the molecule is CC(C)CCOCCNc1c(Br)cncc1[N+](=O)[O-]. The van der Waals surface area contributed by atoms with Gasteiger partial charge in [0, 0.05) is 19.3 Å². The zero-order valence-electron chi connectivity index (χ0n) is 11.1. The topological polar surface area (TPSA) is 77.3 Å². The highest BCUT2D eigenvalue weighted by Crippen LogP contribution is 2.30. The van der Waals surface area contributed by atoms with Crippen LogP contribution in [0.25, 0.3) is 0 Å². The summed E-state index contributed by atoms with van der Waals surface area (Å²) >= 11 is 3.25. The van der Waals surface area contributed by atoms with Crippen LogP contribution in [0.3, 0.4) is 0 Å². The van der Waals surface area contributed by atoms with Gasteiger partial charge in [-0.1, -0.05) is 13.8 Å². The standard InChI is InChI=1S/C12H18BrN3O3/c1-9(2)3-5-19-6-4-15-12-10(13)7-14-8-11(12)16(17)18/h7-9H,3-6H2,1-2H3,(H,14,15). The lowest BCUT2D eigenvalue weighted by Gasteiger charge is -2.09. The van der Waals surface area contributed by atoms with Crippen molar-refractivity contribution >= 4 is 27.3 Å². The molecule has 0 bridgehead atoms. The second kappa shape index (κ2) is 8.06. The Morgan fingerprint density at radius 2 is 2.21 bits per heavy atom. The van der Waals surface area contributed by atoms with E-state index in [1.54, 1.807) is 0 Å². The first-order chi connectivity index (χ1) is 9.02. The zero-order valence-corrected chi connectivity index (χ0v) is 12.6. The highest BCUT2D eigenvalue weighted by molar-refractivity contribution is 9.10. The normalized spacial score (nSPS) is 10.7. The molecule has 1 heterocycles. The van der Waals surface area contributed by atoms with Gasteiger partial charge in [-0.3, -0.25) is 15.1 Å². The average molecular weight is 332 g/mol. The number of nitrogens with zero attached hydrogens (tertiary/aromatic N) is 2. The third-order valence-corrected chi connectivity index (χ3v) is 3.07.